The molecule has 1 aromatic heterocycles. The second-order valence-electron chi connectivity index (χ2n) is 6.97. The Morgan fingerprint density at radius 1 is 1.38 bits per heavy atom. The predicted molar refractivity (Wildman–Crippen MR) is 92.1 cm³/mol. The molecular weight excluding hydrogens is 306 g/mol. The zero-order valence-electron chi connectivity index (χ0n) is 14.7. The summed E-state index contributed by atoms with van der Waals surface area (Å²) in [7, 11) is 1.72. The van der Waals surface area contributed by atoms with Crippen LogP contribution in [0, 0.1) is 6.92 Å². The quantitative estimate of drug-likeness (QED) is 0.935. The Balaban J connectivity index is 1.84. The van der Waals surface area contributed by atoms with Crippen LogP contribution in [0.25, 0.3) is 11.0 Å². The zero-order chi connectivity index (χ0) is 17.4. The Labute approximate surface area is 142 Å². The van der Waals surface area contributed by atoms with Gasteiger partial charge in [0.05, 0.1) is 38.0 Å². The van der Waals surface area contributed by atoms with Crippen molar-refractivity contribution in [3.05, 3.63) is 35.1 Å². The first-order valence-corrected chi connectivity index (χ1v) is 8.40. The van der Waals surface area contributed by atoms with Crippen LogP contribution in [-0.4, -0.2) is 48.3 Å². The van der Waals surface area contributed by atoms with E-state index in [0.717, 1.165) is 16.5 Å². The maximum Gasteiger partial charge on any atom is 0.227 e. The number of carbonyl (C=O) groups excluding carboxylic acids is 1. The molecule has 130 valence electrons. The summed E-state index contributed by atoms with van der Waals surface area (Å²) in [6, 6.07) is 3.90. The smallest absolute Gasteiger partial charge is 0.227 e. The van der Waals surface area contributed by atoms with Crippen LogP contribution in [0.1, 0.15) is 36.5 Å². The van der Waals surface area contributed by atoms with E-state index in [1.54, 1.807) is 18.2 Å². The van der Waals surface area contributed by atoms with Crippen molar-refractivity contribution in [2.75, 3.05) is 20.3 Å². The molecule has 2 aromatic rings. The molecule has 1 N–H and O–H groups in total. The van der Waals surface area contributed by atoms with Crippen molar-refractivity contribution in [2.24, 2.45) is 0 Å². The summed E-state index contributed by atoms with van der Waals surface area (Å²) >= 11 is 0. The maximum absolute atomic E-state index is 12.6. The van der Waals surface area contributed by atoms with Crippen molar-refractivity contribution in [3.8, 4) is 0 Å². The van der Waals surface area contributed by atoms with Crippen molar-refractivity contribution in [2.45, 2.75) is 45.3 Å². The fourth-order valence-electron chi connectivity index (χ4n) is 3.38. The highest BCUT2D eigenvalue weighted by Crippen LogP contribution is 2.29. The van der Waals surface area contributed by atoms with Gasteiger partial charge in [-0.05, 0) is 36.1 Å². The standard InChI is InChI=1S/C19H25NO4/c1-11(2)14-7-15-13(8-24-18(15)5-12(14)3)6-19(22)20(4)16-9-23-10-17(16)21/h5,7-8,11,16-17,21H,6,9-10H2,1-4H3/t16-,17-/m1/s1. The first-order chi connectivity index (χ1) is 11.4. The minimum Gasteiger partial charge on any atom is -0.464 e. The highest BCUT2D eigenvalue weighted by atomic mass is 16.5. The number of ether oxygens (including phenoxy) is 1. The minimum atomic E-state index is -0.616. The van der Waals surface area contributed by atoms with E-state index >= 15 is 0 Å². The predicted octanol–water partition coefficient (Wildman–Crippen LogP) is 2.63. The Morgan fingerprint density at radius 2 is 2.12 bits per heavy atom. The van der Waals surface area contributed by atoms with Crippen molar-refractivity contribution in [1.82, 2.24) is 4.90 Å². The third kappa shape index (κ3) is 3.06. The highest BCUT2D eigenvalue weighted by Gasteiger charge is 2.32. The van der Waals surface area contributed by atoms with Crippen LogP contribution in [0.3, 0.4) is 0 Å². The largest absolute Gasteiger partial charge is 0.464 e. The first kappa shape index (κ1) is 17.0. The molecule has 24 heavy (non-hydrogen) atoms. The molecule has 0 saturated carbocycles. The number of aliphatic hydroxyl groups excluding tert-OH is 1. The van der Waals surface area contributed by atoms with Gasteiger partial charge in [0, 0.05) is 18.0 Å². The van der Waals surface area contributed by atoms with Crippen LogP contribution in [0.4, 0.5) is 0 Å². The van der Waals surface area contributed by atoms with Gasteiger partial charge >= 0.3 is 0 Å². The number of hydrogen-bond donors (Lipinski definition) is 1. The highest BCUT2D eigenvalue weighted by molar-refractivity contribution is 5.88. The van der Waals surface area contributed by atoms with E-state index in [4.69, 9.17) is 9.15 Å². The van der Waals surface area contributed by atoms with E-state index in [0.29, 0.717) is 12.5 Å². The number of carbonyl (C=O) groups is 1. The molecule has 0 bridgehead atoms. The van der Waals surface area contributed by atoms with Gasteiger partial charge in [0.25, 0.3) is 0 Å². The summed E-state index contributed by atoms with van der Waals surface area (Å²) in [5.74, 6) is 0.375. The van der Waals surface area contributed by atoms with E-state index in [1.807, 2.05) is 6.07 Å². The molecule has 3 rings (SSSR count). The summed E-state index contributed by atoms with van der Waals surface area (Å²) in [6.45, 7) is 7.07. The van der Waals surface area contributed by atoms with Crippen molar-refractivity contribution in [3.63, 3.8) is 0 Å². The number of likely N-dealkylation sites (N-methyl/N-ethyl adjacent to an activating group) is 1. The third-order valence-electron chi connectivity index (χ3n) is 4.92. The number of amides is 1. The summed E-state index contributed by atoms with van der Waals surface area (Å²) in [5.41, 5.74) is 4.17. The fourth-order valence-corrected chi connectivity index (χ4v) is 3.38. The molecule has 5 heteroatoms. The topological polar surface area (TPSA) is 62.9 Å². The Morgan fingerprint density at radius 3 is 2.75 bits per heavy atom. The normalized spacial score (nSPS) is 20.9. The molecule has 2 atom stereocenters. The van der Waals surface area contributed by atoms with E-state index in [1.165, 1.54) is 11.1 Å². The molecule has 1 aliphatic rings. The SMILES string of the molecule is Cc1cc2occ(CC(=O)N(C)[C@@H]3COC[C@H]3O)c2cc1C(C)C. The van der Waals surface area contributed by atoms with Crippen LogP contribution in [0.5, 0.6) is 0 Å². The van der Waals surface area contributed by atoms with Crippen LogP contribution in [0.15, 0.2) is 22.8 Å². The Kier molecular flexibility index (Phi) is 4.65. The van der Waals surface area contributed by atoms with E-state index in [-0.39, 0.29) is 25.0 Å². The van der Waals surface area contributed by atoms with Crippen LogP contribution >= 0.6 is 0 Å². The summed E-state index contributed by atoms with van der Waals surface area (Å²) in [5, 5.41) is 10.9. The summed E-state index contributed by atoms with van der Waals surface area (Å²) in [4.78, 5) is 14.2. The molecule has 2 heterocycles. The molecule has 0 aliphatic carbocycles. The van der Waals surface area contributed by atoms with Gasteiger partial charge < -0.3 is 19.2 Å². The van der Waals surface area contributed by atoms with Gasteiger partial charge in [0.2, 0.25) is 5.91 Å². The van der Waals surface area contributed by atoms with Gasteiger partial charge in [0.1, 0.15) is 5.58 Å². The van der Waals surface area contributed by atoms with Gasteiger partial charge in [-0.2, -0.15) is 0 Å². The average molecular weight is 331 g/mol. The summed E-state index contributed by atoms with van der Waals surface area (Å²) in [6.07, 6.45) is 1.31. The fraction of sp³-hybridized carbons (Fsp3) is 0.526. The maximum atomic E-state index is 12.6. The monoisotopic (exact) mass is 331 g/mol. The van der Waals surface area contributed by atoms with E-state index < -0.39 is 6.10 Å². The number of rotatable bonds is 4. The molecule has 1 saturated heterocycles. The zero-order valence-corrected chi connectivity index (χ0v) is 14.7. The number of aliphatic hydroxyl groups is 1. The minimum absolute atomic E-state index is 0.0427. The molecule has 1 aliphatic heterocycles. The molecule has 0 radical (unpaired) electrons. The number of benzene rings is 1. The Bertz CT molecular complexity index is 749. The van der Waals surface area contributed by atoms with Gasteiger partial charge in [0.15, 0.2) is 0 Å². The lowest BCUT2D eigenvalue weighted by molar-refractivity contribution is -0.132. The number of nitrogens with zero attached hydrogens (tertiary/aromatic N) is 1. The van der Waals surface area contributed by atoms with Gasteiger partial charge in [-0.15, -0.1) is 0 Å². The van der Waals surface area contributed by atoms with Gasteiger partial charge in [-0.1, -0.05) is 13.8 Å². The molecule has 1 amide bonds. The molecule has 1 aromatic carbocycles. The lowest BCUT2D eigenvalue weighted by Crippen LogP contribution is -2.44. The second kappa shape index (κ2) is 6.57. The number of aryl methyl sites for hydroxylation is 1. The lowest BCUT2D eigenvalue weighted by atomic mass is 9.95. The number of hydrogen-bond acceptors (Lipinski definition) is 4. The van der Waals surface area contributed by atoms with E-state index in [2.05, 4.69) is 26.8 Å². The van der Waals surface area contributed by atoms with Crippen LogP contribution < -0.4 is 0 Å². The van der Waals surface area contributed by atoms with Gasteiger partial charge in [-0.3, -0.25) is 4.79 Å². The number of furan rings is 1. The molecule has 5 nitrogen and oxygen atoms in total. The van der Waals surface area contributed by atoms with Crippen LogP contribution in [-0.2, 0) is 16.0 Å². The average Bonchev–Trinajstić information content (AvgIpc) is 3.12. The lowest BCUT2D eigenvalue weighted by Gasteiger charge is -2.25. The second-order valence-corrected chi connectivity index (χ2v) is 6.97. The molecular formula is C19H25NO4. The van der Waals surface area contributed by atoms with Crippen molar-refractivity contribution < 1.29 is 19.1 Å². The Hall–Kier alpha value is -1.85. The first-order valence-electron chi connectivity index (χ1n) is 8.40. The molecule has 1 fully saturated rings. The van der Waals surface area contributed by atoms with Gasteiger partial charge in [-0.25, -0.2) is 0 Å². The van der Waals surface area contributed by atoms with Crippen molar-refractivity contribution in [1.29, 1.82) is 0 Å². The van der Waals surface area contributed by atoms with Crippen LogP contribution in [0.2, 0.25) is 0 Å². The van der Waals surface area contributed by atoms with E-state index in [9.17, 15) is 9.90 Å². The molecule has 0 spiro atoms. The number of fused-ring (bicyclic) bond motifs is 1. The third-order valence-corrected chi connectivity index (χ3v) is 4.92. The molecule has 0 unspecified atom stereocenters. The summed E-state index contributed by atoms with van der Waals surface area (Å²) < 4.78 is 10.9. The van der Waals surface area contributed by atoms with Crippen molar-refractivity contribution >= 4 is 16.9 Å².